The fourth-order valence-corrected chi connectivity index (χ4v) is 9.65. The summed E-state index contributed by atoms with van der Waals surface area (Å²) in [6, 6.07) is 0. The Bertz CT molecular complexity index is 1600. The van der Waals surface area contributed by atoms with Crippen molar-refractivity contribution in [3.05, 3.63) is 60.8 Å². The Morgan fingerprint density at radius 3 is 1.25 bits per heavy atom. The van der Waals surface area contributed by atoms with Crippen LogP contribution in [0.1, 0.15) is 290 Å². The minimum absolute atomic E-state index is 0.0258. The second-order valence-corrected chi connectivity index (χ2v) is 22.0. The van der Waals surface area contributed by atoms with Crippen LogP contribution in [0.2, 0.25) is 0 Å². The number of hydrogen-bond acceptors (Lipinski definition) is 11. The Kier molecular flexibility index (Phi) is 51.1. The SMILES string of the molecule is CC/C=C\C/C=C\C/C=C\CCCCCC(=O)OC1C(OCC(COC(=O)CCCCCCCCCCC/C=C\C/C=C\CCCCC)OC(=O)CCCCCCCCCCCCCCCCCCC)OC(C(=O)O)C(O)C1O. The minimum Gasteiger partial charge on any atom is -0.479 e. The van der Waals surface area contributed by atoms with Gasteiger partial charge in [0.1, 0.15) is 18.8 Å². The fourth-order valence-electron chi connectivity index (χ4n) is 9.65. The van der Waals surface area contributed by atoms with Crippen LogP contribution in [0, 0.1) is 0 Å². The third-order valence-corrected chi connectivity index (χ3v) is 14.6. The lowest BCUT2D eigenvalue weighted by atomic mass is 9.98. The Labute approximate surface area is 481 Å². The molecule has 0 saturated carbocycles. The molecule has 6 unspecified atom stereocenters. The van der Waals surface area contributed by atoms with E-state index in [2.05, 4.69) is 81.5 Å². The lowest BCUT2D eigenvalue weighted by molar-refractivity contribution is -0.301. The van der Waals surface area contributed by atoms with Gasteiger partial charge < -0.3 is 39.0 Å². The summed E-state index contributed by atoms with van der Waals surface area (Å²) in [5.41, 5.74) is 0. The highest BCUT2D eigenvalue weighted by Crippen LogP contribution is 2.27. The number of carbonyl (C=O) groups is 4. The summed E-state index contributed by atoms with van der Waals surface area (Å²) in [5, 5.41) is 31.5. The number of esters is 3. The molecule has 79 heavy (non-hydrogen) atoms. The number of ether oxygens (including phenoxy) is 5. The zero-order valence-electron chi connectivity index (χ0n) is 50.4. The van der Waals surface area contributed by atoms with E-state index < -0.39 is 67.3 Å². The molecule has 1 saturated heterocycles. The van der Waals surface area contributed by atoms with Crippen LogP contribution < -0.4 is 0 Å². The average Bonchev–Trinajstić information content (AvgIpc) is 3.46. The summed E-state index contributed by atoms with van der Waals surface area (Å²) < 4.78 is 28.5. The molecule has 3 N–H and O–H groups in total. The molecular formula is C67H116O12. The molecule has 1 heterocycles. The molecule has 0 aliphatic carbocycles. The molecule has 1 fully saturated rings. The predicted octanol–water partition coefficient (Wildman–Crippen LogP) is 17.1. The van der Waals surface area contributed by atoms with Crippen LogP contribution >= 0.6 is 0 Å². The largest absolute Gasteiger partial charge is 0.479 e. The monoisotopic (exact) mass is 1110 g/mol. The van der Waals surface area contributed by atoms with Gasteiger partial charge in [-0.1, -0.05) is 248 Å². The van der Waals surface area contributed by atoms with Crippen LogP contribution in [0.15, 0.2) is 60.8 Å². The molecule has 12 nitrogen and oxygen atoms in total. The normalized spacial score (nSPS) is 18.2. The van der Waals surface area contributed by atoms with Crippen molar-refractivity contribution in [2.24, 2.45) is 0 Å². The van der Waals surface area contributed by atoms with Gasteiger partial charge in [-0.25, -0.2) is 4.79 Å². The van der Waals surface area contributed by atoms with E-state index in [4.69, 9.17) is 23.7 Å². The zero-order chi connectivity index (χ0) is 57.5. The Hall–Kier alpha value is -3.58. The molecule has 0 aromatic heterocycles. The van der Waals surface area contributed by atoms with Gasteiger partial charge in [-0.05, 0) is 83.5 Å². The molecule has 1 aliphatic heterocycles. The van der Waals surface area contributed by atoms with Crippen molar-refractivity contribution in [3.63, 3.8) is 0 Å². The third-order valence-electron chi connectivity index (χ3n) is 14.6. The first-order valence-electron chi connectivity index (χ1n) is 32.3. The maximum atomic E-state index is 13.2. The first-order valence-corrected chi connectivity index (χ1v) is 32.3. The Morgan fingerprint density at radius 2 is 0.797 bits per heavy atom. The van der Waals surface area contributed by atoms with E-state index in [1.807, 2.05) is 0 Å². The van der Waals surface area contributed by atoms with Crippen molar-refractivity contribution < 1.29 is 58.2 Å². The van der Waals surface area contributed by atoms with Crippen LogP contribution in [-0.4, -0.2) is 89.2 Å². The van der Waals surface area contributed by atoms with Gasteiger partial charge in [-0.3, -0.25) is 14.4 Å². The number of aliphatic hydroxyl groups is 2. The van der Waals surface area contributed by atoms with Gasteiger partial charge in [-0.15, -0.1) is 0 Å². The van der Waals surface area contributed by atoms with Crippen LogP contribution in [0.25, 0.3) is 0 Å². The molecule has 1 aliphatic rings. The summed E-state index contributed by atoms with van der Waals surface area (Å²) in [7, 11) is 0. The van der Waals surface area contributed by atoms with Crippen molar-refractivity contribution >= 4 is 23.9 Å². The number of carboxylic acids is 1. The fraction of sp³-hybridized carbons (Fsp3) is 0.791. The van der Waals surface area contributed by atoms with E-state index >= 15 is 0 Å². The van der Waals surface area contributed by atoms with Crippen LogP contribution in [0.5, 0.6) is 0 Å². The van der Waals surface area contributed by atoms with E-state index in [1.54, 1.807) is 0 Å². The van der Waals surface area contributed by atoms with Crippen LogP contribution in [0.4, 0.5) is 0 Å². The molecule has 12 heteroatoms. The second kappa shape index (κ2) is 55.0. The van der Waals surface area contributed by atoms with Crippen LogP contribution in [-0.2, 0) is 42.9 Å². The van der Waals surface area contributed by atoms with E-state index in [0.717, 1.165) is 89.9 Å². The van der Waals surface area contributed by atoms with Crippen molar-refractivity contribution in [2.45, 2.75) is 327 Å². The number of aliphatic hydroxyl groups excluding tert-OH is 2. The molecule has 0 bridgehead atoms. The Balaban J connectivity index is 2.66. The molecular weight excluding hydrogens is 997 g/mol. The quantitative estimate of drug-likeness (QED) is 0.0228. The molecule has 0 amide bonds. The van der Waals surface area contributed by atoms with E-state index in [1.165, 1.54) is 141 Å². The summed E-state index contributed by atoms with van der Waals surface area (Å²) in [6.07, 6.45) is 56.2. The van der Waals surface area contributed by atoms with Gasteiger partial charge in [-0.2, -0.15) is 0 Å². The van der Waals surface area contributed by atoms with Gasteiger partial charge in [0.05, 0.1) is 6.61 Å². The number of carbonyl (C=O) groups excluding carboxylic acids is 3. The zero-order valence-corrected chi connectivity index (χ0v) is 50.4. The topological polar surface area (TPSA) is 175 Å². The molecule has 6 atom stereocenters. The van der Waals surface area contributed by atoms with Gasteiger partial charge in [0.2, 0.25) is 0 Å². The third kappa shape index (κ3) is 44.7. The number of aliphatic carboxylic acids is 1. The highest BCUT2D eigenvalue weighted by Gasteiger charge is 2.50. The van der Waals surface area contributed by atoms with E-state index in [0.29, 0.717) is 19.3 Å². The second-order valence-electron chi connectivity index (χ2n) is 22.0. The highest BCUT2D eigenvalue weighted by atomic mass is 16.7. The molecule has 0 spiro atoms. The minimum atomic E-state index is -1.91. The molecule has 1 rings (SSSR count). The van der Waals surface area contributed by atoms with Crippen molar-refractivity contribution in [1.82, 2.24) is 0 Å². The first-order chi connectivity index (χ1) is 38.6. The number of carboxylic acid groups (broad SMARTS) is 1. The number of allylic oxidation sites excluding steroid dienone is 10. The average molecular weight is 1110 g/mol. The first kappa shape index (κ1) is 73.4. The number of unbranched alkanes of at least 4 members (excludes halogenated alkanes) is 31. The smallest absolute Gasteiger partial charge is 0.335 e. The van der Waals surface area contributed by atoms with Gasteiger partial charge >= 0.3 is 23.9 Å². The van der Waals surface area contributed by atoms with E-state index in [-0.39, 0.29) is 25.9 Å². The van der Waals surface area contributed by atoms with Gasteiger partial charge in [0.25, 0.3) is 0 Å². The summed E-state index contributed by atoms with van der Waals surface area (Å²) in [6.45, 7) is 5.87. The highest BCUT2D eigenvalue weighted by molar-refractivity contribution is 5.74. The van der Waals surface area contributed by atoms with Gasteiger partial charge in [0, 0.05) is 19.3 Å². The summed E-state index contributed by atoms with van der Waals surface area (Å²) in [5.74, 6) is -3.14. The molecule has 0 aromatic rings. The van der Waals surface area contributed by atoms with Crippen LogP contribution in [0.3, 0.4) is 0 Å². The molecule has 0 radical (unpaired) electrons. The Morgan fingerprint density at radius 1 is 0.430 bits per heavy atom. The van der Waals surface area contributed by atoms with Gasteiger partial charge in [0.15, 0.2) is 24.6 Å². The molecule has 0 aromatic carbocycles. The maximum absolute atomic E-state index is 13.2. The van der Waals surface area contributed by atoms with Crippen molar-refractivity contribution in [2.75, 3.05) is 13.2 Å². The lowest BCUT2D eigenvalue weighted by Gasteiger charge is -2.40. The lowest BCUT2D eigenvalue weighted by Crippen LogP contribution is -2.61. The summed E-state index contributed by atoms with van der Waals surface area (Å²) >= 11 is 0. The van der Waals surface area contributed by atoms with Crippen molar-refractivity contribution in [1.29, 1.82) is 0 Å². The summed E-state index contributed by atoms with van der Waals surface area (Å²) in [4.78, 5) is 51.3. The van der Waals surface area contributed by atoms with E-state index in [9.17, 15) is 34.5 Å². The standard InChI is InChI=1S/C67H116O12/c1-4-7-10-13-16-19-22-25-27-29-30-32-33-36-38-41-44-47-50-53-59(68)75-56-58(77-60(69)54-51-48-45-42-40-37-34-31-28-26-23-20-17-14-11-8-5-2)57-76-67-65(63(72)62(71)64(79-67)66(73)74)78-61(70)55-52-49-46-43-39-35-24-21-18-15-12-9-6-3/h9,12,16,18-19,21,25,27,35,39,58,62-65,67,71-72H,4-8,10-11,13-15,17,20,22-24,26,28-34,36-38,40-57H2,1-3H3,(H,73,74)/b12-9-,19-16-,21-18-,27-25-,39-35-. The number of rotatable bonds is 55. The molecule has 456 valence electrons. The number of hydrogen-bond donors (Lipinski definition) is 3. The maximum Gasteiger partial charge on any atom is 0.335 e. The van der Waals surface area contributed by atoms with Crippen molar-refractivity contribution in [3.8, 4) is 0 Å². The predicted molar refractivity (Wildman–Crippen MR) is 322 cm³/mol.